The van der Waals surface area contributed by atoms with Crippen LogP contribution in [0.1, 0.15) is 0 Å². The molecule has 0 spiro atoms. The fourth-order valence-corrected chi connectivity index (χ4v) is 0. The summed E-state index contributed by atoms with van der Waals surface area (Å²) in [5.74, 6) is 0. The van der Waals surface area contributed by atoms with E-state index in [1.54, 1.807) is 7.11 Å². The molecule has 0 aliphatic rings. The van der Waals surface area contributed by atoms with Crippen molar-refractivity contribution in [3.8, 4) is 0 Å². The van der Waals surface area contributed by atoms with Crippen molar-refractivity contribution < 1.29 is 3.07 Å². The van der Waals surface area contributed by atoms with Crippen LogP contribution in [0.15, 0.2) is 0 Å². The van der Waals surface area contributed by atoms with Gasteiger partial charge in [0.25, 0.3) is 0 Å². The molecule has 0 saturated carbocycles. The molecular weight excluding hydrogens is 159 g/mol. The van der Waals surface area contributed by atoms with Gasteiger partial charge in [0, 0.05) is 0 Å². The first-order chi connectivity index (χ1) is 1.91. The van der Waals surface area contributed by atoms with Crippen molar-refractivity contribution in [1.82, 2.24) is 0 Å². The first-order valence-electron chi connectivity index (χ1n) is 1.11. The Hall–Kier alpha value is 0.759. The summed E-state index contributed by atoms with van der Waals surface area (Å²) in [5, 5.41) is 0. The quantitative estimate of drug-likeness (QED) is 0.507. The number of hydrogen-bond donors (Lipinski definition) is 0. The zero-order valence-electron chi connectivity index (χ0n) is 2.91. The molecule has 0 bridgehead atoms. The summed E-state index contributed by atoms with van der Waals surface area (Å²) in [6.45, 7) is 0. The molecule has 0 N–H and O–H groups in total. The SMILES string of the molecule is C[O][Sn][CH3]. The van der Waals surface area contributed by atoms with Gasteiger partial charge in [0.2, 0.25) is 0 Å². The standard InChI is InChI=1S/CH3O.CH3.Sn/c1-2;;/h1H3;1H3;/q-1;;+1. The third-order valence-electron chi connectivity index (χ3n) is 0.204. The van der Waals surface area contributed by atoms with Crippen LogP contribution < -0.4 is 0 Å². The zero-order valence-corrected chi connectivity index (χ0v) is 5.76. The van der Waals surface area contributed by atoms with Crippen LogP contribution in [-0.4, -0.2) is 28.7 Å². The fourth-order valence-electron chi connectivity index (χ4n) is 0. The predicted octanol–water partition coefficient (Wildman–Crippen LogP) is 0.300. The van der Waals surface area contributed by atoms with Gasteiger partial charge < -0.3 is 0 Å². The average molecular weight is 165 g/mol. The van der Waals surface area contributed by atoms with E-state index in [2.05, 4.69) is 4.94 Å². The van der Waals surface area contributed by atoms with Crippen LogP contribution in [0.5, 0.6) is 0 Å². The summed E-state index contributed by atoms with van der Waals surface area (Å²) in [6, 6.07) is 0. The molecule has 0 aliphatic heterocycles. The van der Waals surface area contributed by atoms with Crippen LogP contribution in [0.4, 0.5) is 0 Å². The van der Waals surface area contributed by atoms with Crippen molar-refractivity contribution in [2.24, 2.45) is 0 Å². The molecule has 0 rings (SSSR count). The van der Waals surface area contributed by atoms with E-state index < -0.39 is 0 Å². The molecule has 4 heavy (non-hydrogen) atoms. The third kappa shape index (κ3) is 2.76. The van der Waals surface area contributed by atoms with Gasteiger partial charge in [-0.1, -0.05) is 0 Å². The molecule has 0 heterocycles. The van der Waals surface area contributed by atoms with E-state index in [4.69, 9.17) is 3.07 Å². The van der Waals surface area contributed by atoms with Gasteiger partial charge in [-0.05, 0) is 0 Å². The monoisotopic (exact) mass is 166 g/mol. The summed E-state index contributed by atoms with van der Waals surface area (Å²) in [5.41, 5.74) is 0. The van der Waals surface area contributed by atoms with Crippen LogP contribution >= 0.6 is 0 Å². The topological polar surface area (TPSA) is 9.23 Å². The van der Waals surface area contributed by atoms with Gasteiger partial charge in [0.15, 0.2) is 0 Å². The molecular formula is C2H6OSn. The molecule has 0 unspecified atom stereocenters. The molecule has 2 radical (unpaired) electrons. The molecule has 0 aromatic rings. The molecule has 1 nitrogen and oxygen atoms in total. The third-order valence-corrected chi connectivity index (χ3v) is 1.37. The zero-order chi connectivity index (χ0) is 3.41. The second-order valence-electron chi connectivity index (χ2n) is 0.408. The van der Waals surface area contributed by atoms with Gasteiger partial charge in [-0.15, -0.1) is 0 Å². The van der Waals surface area contributed by atoms with E-state index >= 15 is 0 Å². The normalized spacial score (nSPS) is 7.50. The number of rotatable bonds is 1. The summed E-state index contributed by atoms with van der Waals surface area (Å²) in [4.78, 5) is 2.13. The van der Waals surface area contributed by atoms with Crippen LogP contribution in [-0.2, 0) is 3.07 Å². The molecule has 0 aromatic heterocycles. The van der Waals surface area contributed by atoms with Crippen molar-refractivity contribution in [1.29, 1.82) is 0 Å². The van der Waals surface area contributed by atoms with Gasteiger partial charge in [0.1, 0.15) is 0 Å². The summed E-state index contributed by atoms with van der Waals surface area (Å²) in [7, 11) is 1.76. The Morgan fingerprint density at radius 1 is 1.75 bits per heavy atom. The second kappa shape index (κ2) is 3.76. The first-order valence-corrected chi connectivity index (χ1v) is 5.13. The van der Waals surface area contributed by atoms with Crippen molar-refractivity contribution in [3.63, 3.8) is 0 Å². The maximum atomic E-state index is 4.71. The van der Waals surface area contributed by atoms with Crippen molar-refractivity contribution >= 4 is 21.6 Å². The molecule has 0 aliphatic carbocycles. The summed E-state index contributed by atoms with van der Waals surface area (Å²) in [6.07, 6.45) is 0. The summed E-state index contributed by atoms with van der Waals surface area (Å²) < 4.78 is 4.71. The Kier molecular flexibility index (Phi) is 4.47. The Balaban J connectivity index is 1.97. The van der Waals surface area contributed by atoms with Gasteiger partial charge in [0.05, 0.1) is 0 Å². The second-order valence-corrected chi connectivity index (χ2v) is 2.74. The Labute approximate surface area is 37.1 Å². The number of hydrogen-bond acceptors (Lipinski definition) is 1. The minimum absolute atomic E-state index is 0.276. The van der Waals surface area contributed by atoms with Crippen LogP contribution in [0.2, 0.25) is 4.94 Å². The molecule has 0 amide bonds. The van der Waals surface area contributed by atoms with Gasteiger partial charge in [-0.2, -0.15) is 0 Å². The Morgan fingerprint density at radius 3 is 2.00 bits per heavy atom. The predicted molar refractivity (Wildman–Crippen MR) is 18.6 cm³/mol. The summed E-state index contributed by atoms with van der Waals surface area (Å²) >= 11 is -0.276. The van der Waals surface area contributed by atoms with Crippen molar-refractivity contribution in [2.45, 2.75) is 4.94 Å². The molecule has 2 heteroatoms. The van der Waals surface area contributed by atoms with Gasteiger partial charge in [-0.3, -0.25) is 0 Å². The minimum atomic E-state index is -0.276. The molecule has 0 saturated heterocycles. The molecule has 0 aromatic carbocycles. The van der Waals surface area contributed by atoms with Crippen molar-refractivity contribution in [2.75, 3.05) is 7.11 Å². The maximum absolute atomic E-state index is 4.71. The molecule has 24 valence electrons. The van der Waals surface area contributed by atoms with Crippen LogP contribution in [0.25, 0.3) is 0 Å². The van der Waals surface area contributed by atoms with E-state index in [0.29, 0.717) is 0 Å². The average Bonchev–Trinajstić information content (AvgIpc) is 1.37. The van der Waals surface area contributed by atoms with E-state index in [9.17, 15) is 0 Å². The van der Waals surface area contributed by atoms with Gasteiger partial charge in [-0.25, -0.2) is 0 Å². The fraction of sp³-hybridized carbons (Fsp3) is 1.00. The van der Waals surface area contributed by atoms with E-state index in [1.807, 2.05) is 0 Å². The van der Waals surface area contributed by atoms with E-state index in [0.717, 1.165) is 0 Å². The van der Waals surface area contributed by atoms with Crippen LogP contribution in [0, 0.1) is 0 Å². The van der Waals surface area contributed by atoms with Crippen LogP contribution in [0.3, 0.4) is 0 Å². The van der Waals surface area contributed by atoms with Gasteiger partial charge >= 0.3 is 36.7 Å². The Bertz CT molecular complexity index is 8.00. The Morgan fingerprint density at radius 2 is 2.00 bits per heavy atom. The van der Waals surface area contributed by atoms with E-state index in [-0.39, 0.29) is 21.6 Å². The molecule has 0 atom stereocenters. The van der Waals surface area contributed by atoms with Crippen molar-refractivity contribution in [3.05, 3.63) is 0 Å². The molecule has 0 fully saturated rings. The first kappa shape index (κ1) is 4.76. The van der Waals surface area contributed by atoms with E-state index in [1.165, 1.54) is 0 Å².